The van der Waals surface area contributed by atoms with Crippen LogP contribution >= 0.6 is 0 Å². The molecule has 0 aliphatic carbocycles. The molecule has 2 heteroatoms. The predicted molar refractivity (Wildman–Crippen MR) is 38.3 cm³/mol. The van der Waals surface area contributed by atoms with Gasteiger partial charge in [0.25, 0.3) is 0 Å². The first-order valence-corrected chi connectivity index (χ1v) is 2.80. The molecule has 0 saturated carbocycles. The minimum atomic E-state index is -0.171. The molecular formula is C8H9FO. The highest BCUT2D eigenvalue weighted by Gasteiger charge is 1.83. The molecule has 0 aromatic heterocycles. The second-order valence-corrected chi connectivity index (χ2v) is 1.80. The predicted octanol–water partition coefficient (Wildman–Crippen LogP) is 1.95. The van der Waals surface area contributed by atoms with E-state index in [2.05, 4.69) is 0 Å². The number of hydrogen-bond donors (Lipinski definition) is 0. The molecule has 0 heterocycles. The van der Waals surface area contributed by atoms with E-state index in [4.69, 9.17) is 4.79 Å². The normalized spacial score (nSPS) is 7.80. The van der Waals surface area contributed by atoms with Crippen molar-refractivity contribution in [1.82, 2.24) is 0 Å². The van der Waals surface area contributed by atoms with Gasteiger partial charge < -0.3 is 4.79 Å². The van der Waals surface area contributed by atoms with Crippen LogP contribution in [0.4, 0.5) is 4.39 Å². The van der Waals surface area contributed by atoms with Crippen LogP contribution < -0.4 is 0 Å². The highest BCUT2D eigenvalue weighted by molar-refractivity contribution is 5.13. The van der Waals surface area contributed by atoms with Gasteiger partial charge in [-0.15, -0.1) is 0 Å². The fraction of sp³-hybridized carbons (Fsp3) is 0.125. The lowest BCUT2D eigenvalue weighted by atomic mass is 10.2. The molecular weight excluding hydrogens is 131 g/mol. The lowest BCUT2D eigenvalue weighted by Crippen LogP contribution is -1.71. The molecule has 0 unspecified atom stereocenters. The standard InChI is InChI=1S/C7H7F.CH2O/c1-6-2-4-7(8)5-3-6;1-2/h2-5H,1H3;1H2. The third-order valence-electron chi connectivity index (χ3n) is 1.01. The first-order chi connectivity index (χ1) is 4.79. The van der Waals surface area contributed by atoms with Crippen LogP contribution in [0.2, 0.25) is 0 Å². The van der Waals surface area contributed by atoms with Crippen molar-refractivity contribution in [1.29, 1.82) is 0 Å². The SMILES string of the molecule is C=O.Cc1ccc(F)cc1. The molecule has 1 aromatic rings. The van der Waals surface area contributed by atoms with E-state index in [1.807, 2.05) is 13.7 Å². The molecule has 1 aromatic carbocycles. The van der Waals surface area contributed by atoms with Gasteiger partial charge in [0, 0.05) is 0 Å². The third kappa shape index (κ3) is 2.97. The van der Waals surface area contributed by atoms with Crippen molar-refractivity contribution in [2.45, 2.75) is 6.92 Å². The van der Waals surface area contributed by atoms with Crippen molar-refractivity contribution in [3.05, 3.63) is 35.6 Å². The van der Waals surface area contributed by atoms with Gasteiger partial charge >= 0.3 is 0 Å². The zero-order chi connectivity index (χ0) is 7.98. The summed E-state index contributed by atoms with van der Waals surface area (Å²) in [7, 11) is 0. The summed E-state index contributed by atoms with van der Waals surface area (Å²) in [5.41, 5.74) is 1.09. The molecule has 0 aliphatic heterocycles. The summed E-state index contributed by atoms with van der Waals surface area (Å²) in [6.07, 6.45) is 0. The van der Waals surface area contributed by atoms with Gasteiger partial charge in [0.15, 0.2) is 0 Å². The van der Waals surface area contributed by atoms with Crippen molar-refractivity contribution in [3.8, 4) is 0 Å². The first-order valence-electron chi connectivity index (χ1n) is 2.80. The van der Waals surface area contributed by atoms with E-state index in [1.165, 1.54) is 12.1 Å². The average molecular weight is 140 g/mol. The van der Waals surface area contributed by atoms with Crippen LogP contribution in [0.5, 0.6) is 0 Å². The van der Waals surface area contributed by atoms with Gasteiger partial charge in [-0.3, -0.25) is 0 Å². The number of aryl methyl sites for hydroxylation is 1. The fourth-order valence-electron chi connectivity index (χ4n) is 0.533. The van der Waals surface area contributed by atoms with Crippen LogP contribution in [0.3, 0.4) is 0 Å². The van der Waals surface area contributed by atoms with Crippen LogP contribution in [0, 0.1) is 12.7 Å². The molecule has 0 amide bonds. The summed E-state index contributed by atoms with van der Waals surface area (Å²) in [4.78, 5) is 8.00. The quantitative estimate of drug-likeness (QED) is 0.538. The summed E-state index contributed by atoms with van der Waals surface area (Å²) in [6.45, 7) is 3.93. The lowest BCUT2D eigenvalue weighted by molar-refractivity contribution is -0.0979. The maximum absolute atomic E-state index is 12.1. The summed E-state index contributed by atoms with van der Waals surface area (Å²) in [5.74, 6) is -0.171. The van der Waals surface area contributed by atoms with E-state index >= 15 is 0 Å². The molecule has 0 atom stereocenters. The molecule has 0 radical (unpaired) electrons. The van der Waals surface area contributed by atoms with Crippen molar-refractivity contribution >= 4 is 6.79 Å². The summed E-state index contributed by atoms with van der Waals surface area (Å²) < 4.78 is 12.1. The Morgan fingerprint density at radius 1 is 1.20 bits per heavy atom. The monoisotopic (exact) mass is 140 g/mol. The fourth-order valence-corrected chi connectivity index (χ4v) is 0.533. The van der Waals surface area contributed by atoms with Crippen LogP contribution in [-0.2, 0) is 4.79 Å². The van der Waals surface area contributed by atoms with Crippen LogP contribution in [0.15, 0.2) is 24.3 Å². The van der Waals surface area contributed by atoms with Crippen LogP contribution in [0.1, 0.15) is 5.56 Å². The molecule has 0 saturated heterocycles. The molecule has 10 heavy (non-hydrogen) atoms. The molecule has 0 fully saturated rings. The van der Waals surface area contributed by atoms with E-state index in [-0.39, 0.29) is 5.82 Å². The molecule has 0 bridgehead atoms. The topological polar surface area (TPSA) is 17.1 Å². The Balaban J connectivity index is 0.000000371. The second-order valence-electron chi connectivity index (χ2n) is 1.80. The number of rotatable bonds is 0. The molecule has 1 nitrogen and oxygen atoms in total. The smallest absolute Gasteiger partial charge is 0.123 e. The van der Waals surface area contributed by atoms with Crippen molar-refractivity contribution in [2.75, 3.05) is 0 Å². The first kappa shape index (κ1) is 8.82. The maximum atomic E-state index is 12.1. The van der Waals surface area contributed by atoms with Crippen molar-refractivity contribution in [3.63, 3.8) is 0 Å². The van der Waals surface area contributed by atoms with Gasteiger partial charge in [-0.25, -0.2) is 4.39 Å². The zero-order valence-electron chi connectivity index (χ0n) is 5.80. The average Bonchev–Trinajstić information content (AvgIpc) is 2.00. The third-order valence-corrected chi connectivity index (χ3v) is 1.01. The Bertz CT molecular complexity index is 160. The van der Waals surface area contributed by atoms with Crippen molar-refractivity contribution < 1.29 is 9.18 Å². The Morgan fingerprint density at radius 3 is 1.90 bits per heavy atom. The summed E-state index contributed by atoms with van der Waals surface area (Å²) in [6, 6.07) is 6.40. The Hall–Kier alpha value is -1.18. The zero-order valence-corrected chi connectivity index (χ0v) is 5.80. The van der Waals surface area contributed by atoms with Gasteiger partial charge in [-0.2, -0.15) is 0 Å². The van der Waals surface area contributed by atoms with Gasteiger partial charge in [-0.1, -0.05) is 17.7 Å². The molecule has 1 rings (SSSR count). The maximum Gasteiger partial charge on any atom is 0.123 e. The number of hydrogen-bond acceptors (Lipinski definition) is 1. The minimum absolute atomic E-state index is 0.171. The number of carbonyl (C=O) groups is 1. The van der Waals surface area contributed by atoms with E-state index in [0.29, 0.717) is 0 Å². The van der Waals surface area contributed by atoms with Gasteiger partial charge in [0.05, 0.1) is 0 Å². The Morgan fingerprint density at radius 2 is 1.60 bits per heavy atom. The van der Waals surface area contributed by atoms with Gasteiger partial charge in [0.2, 0.25) is 0 Å². The minimum Gasteiger partial charge on any atom is -0.307 e. The number of halogens is 1. The highest BCUT2D eigenvalue weighted by atomic mass is 19.1. The van der Waals surface area contributed by atoms with E-state index in [0.717, 1.165) is 5.56 Å². The van der Waals surface area contributed by atoms with Crippen LogP contribution in [0.25, 0.3) is 0 Å². The largest absolute Gasteiger partial charge is 0.307 e. The van der Waals surface area contributed by atoms with Crippen molar-refractivity contribution in [2.24, 2.45) is 0 Å². The van der Waals surface area contributed by atoms with Crippen LogP contribution in [-0.4, -0.2) is 6.79 Å². The second kappa shape index (κ2) is 4.68. The molecule has 0 N–H and O–H groups in total. The number of carbonyl (C=O) groups excluding carboxylic acids is 1. The Labute approximate surface area is 59.5 Å². The Kier molecular flexibility index (Phi) is 4.12. The molecule has 0 aliphatic rings. The van der Waals surface area contributed by atoms with E-state index in [9.17, 15) is 4.39 Å². The highest BCUT2D eigenvalue weighted by Crippen LogP contribution is 1.98. The van der Waals surface area contributed by atoms with E-state index < -0.39 is 0 Å². The lowest BCUT2D eigenvalue weighted by Gasteiger charge is -1.87. The summed E-state index contributed by atoms with van der Waals surface area (Å²) >= 11 is 0. The molecule has 54 valence electrons. The van der Waals surface area contributed by atoms with Gasteiger partial charge in [-0.05, 0) is 19.1 Å². The molecule has 0 spiro atoms. The number of benzene rings is 1. The summed E-state index contributed by atoms with van der Waals surface area (Å²) in [5, 5.41) is 0. The van der Waals surface area contributed by atoms with Gasteiger partial charge in [0.1, 0.15) is 12.6 Å². The van der Waals surface area contributed by atoms with E-state index in [1.54, 1.807) is 12.1 Å².